The van der Waals surface area contributed by atoms with Gasteiger partial charge in [0.25, 0.3) is 0 Å². The van der Waals surface area contributed by atoms with E-state index in [1.165, 1.54) is 0 Å². The summed E-state index contributed by atoms with van der Waals surface area (Å²) in [7, 11) is 1.87. The molecule has 0 fully saturated rings. The van der Waals surface area contributed by atoms with Crippen molar-refractivity contribution in [2.24, 2.45) is 12.8 Å². The van der Waals surface area contributed by atoms with E-state index in [1.54, 1.807) is 4.68 Å². The van der Waals surface area contributed by atoms with Gasteiger partial charge in [0, 0.05) is 24.8 Å². The molecule has 0 aliphatic rings. The summed E-state index contributed by atoms with van der Waals surface area (Å²) in [5, 5.41) is 6.99. The maximum atomic E-state index is 11.6. The average Bonchev–Trinajstić information content (AvgIpc) is 2.47. The first kappa shape index (κ1) is 15.5. The van der Waals surface area contributed by atoms with E-state index in [4.69, 9.17) is 10.5 Å². The van der Waals surface area contributed by atoms with Crippen LogP contribution in [-0.2, 0) is 11.8 Å². The largest absolute Gasteiger partial charge is 0.444 e. The Morgan fingerprint density at radius 1 is 1.47 bits per heavy atom. The summed E-state index contributed by atoms with van der Waals surface area (Å²) in [6.45, 7) is 9.66. The van der Waals surface area contributed by atoms with Crippen LogP contribution in [0.1, 0.15) is 43.8 Å². The highest BCUT2D eigenvalue weighted by Crippen LogP contribution is 2.18. The van der Waals surface area contributed by atoms with Crippen LogP contribution in [0.4, 0.5) is 4.79 Å². The topological polar surface area (TPSA) is 82.2 Å². The summed E-state index contributed by atoms with van der Waals surface area (Å²) >= 11 is 0. The second-order valence-electron chi connectivity index (χ2n) is 5.70. The number of nitrogens with one attached hydrogen (secondary N) is 1. The number of amides is 1. The number of nitrogens with two attached hydrogens (primary N) is 1. The molecule has 0 spiro atoms. The molecule has 0 aliphatic carbocycles. The average molecular weight is 268 g/mol. The fourth-order valence-corrected chi connectivity index (χ4v) is 1.94. The minimum atomic E-state index is -0.506. The lowest BCUT2D eigenvalue weighted by atomic mass is 10.1. The highest BCUT2D eigenvalue weighted by atomic mass is 16.6. The van der Waals surface area contributed by atoms with Crippen molar-refractivity contribution in [2.45, 2.75) is 46.3 Å². The zero-order valence-electron chi connectivity index (χ0n) is 12.6. The van der Waals surface area contributed by atoms with E-state index >= 15 is 0 Å². The minimum absolute atomic E-state index is 0.291. The Morgan fingerprint density at radius 2 is 2.05 bits per heavy atom. The van der Waals surface area contributed by atoms with Crippen LogP contribution in [0.5, 0.6) is 0 Å². The van der Waals surface area contributed by atoms with Gasteiger partial charge in [-0.1, -0.05) is 0 Å². The molecule has 1 unspecified atom stereocenters. The van der Waals surface area contributed by atoms with Crippen molar-refractivity contribution >= 4 is 6.09 Å². The van der Waals surface area contributed by atoms with Gasteiger partial charge in [0.05, 0.1) is 11.7 Å². The molecule has 1 heterocycles. The molecule has 1 atom stereocenters. The summed E-state index contributed by atoms with van der Waals surface area (Å²) in [5.41, 5.74) is 8.46. The Bertz CT molecular complexity index is 460. The van der Waals surface area contributed by atoms with Crippen molar-refractivity contribution in [3.63, 3.8) is 0 Å². The van der Waals surface area contributed by atoms with Crippen LogP contribution in [0.15, 0.2) is 0 Å². The molecule has 0 aromatic carbocycles. The van der Waals surface area contributed by atoms with Crippen molar-refractivity contribution in [1.82, 2.24) is 15.1 Å². The van der Waals surface area contributed by atoms with E-state index in [0.717, 1.165) is 17.0 Å². The zero-order valence-corrected chi connectivity index (χ0v) is 12.6. The molecule has 1 aromatic heterocycles. The molecule has 0 saturated heterocycles. The van der Waals surface area contributed by atoms with Crippen molar-refractivity contribution in [3.05, 3.63) is 17.0 Å². The molecule has 1 amide bonds. The Morgan fingerprint density at radius 3 is 2.47 bits per heavy atom. The van der Waals surface area contributed by atoms with E-state index in [0.29, 0.717) is 6.54 Å². The lowest BCUT2D eigenvalue weighted by molar-refractivity contribution is 0.0524. The predicted octanol–water partition coefficient (Wildman–Crippen LogP) is 1.56. The molecule has 108 valence electrons. The Balaban J connectivity index is 2.61. The molecule has 0 bridgehead atoms. The number of alkyl carbamates (subject to hydrolysis) is 1. The lowest BCUT2D eigenvalue weighted by Crippen LogP contribution is -2.36. The van der Waals surface area contributed by atoms with Crippen LogP contribution in [0.3, 0.4) is 0 Å². The molecular weight excluding hydrogens is 244 g/mol. The van der Waals surface area contributed by atoms with Crippen molar-refractivity contribution in [1.29, 1.82) is 0 Å². The van der Waals surface area contributed by atoms with Gasteiger partial charge in [0.2, 0.25) is 0 Å². The van der Waals surface area contributed by atoms with Crippen LogP contribution in [0.25, 0.3) is 0 Å². The minimum Gasteiger partial charge on any atom is -0.444 e. The fraction of sp³-hybridized carbons (Fsp3) is 0.692. The lowest BCUT2D eigenvalue weighted by Gasteiger charge is -2.21. The van der Waals surface area contributed by atoms with Gasteiger partial charge in [0.1, 0.15) is 5.60 Å². The van der Waals surface area contributed by atoms with E-state index in [9.17, 15) is 4.79 Å². The number of rotatable bonds is 3. The standard InChI is InChI=1S/C13H24N4O2/c1-8-11(9(2)17(6)16-8)10(14)7-15-12(18)19-13(3,4)5/h10H,7,14H2,1-6H3,(H,15,18). The predicted molar refractivity (Wildman–Crippen MR) is 73.8 cm³/mol. The zero-order chi connectivity index (χ0) is 14.8. The second kappa shape index (κ2) is 5.61. The maximum absolute atomic E-state index is 11.6. The maximum Gasteiger partial charge on any atom is 0.407 e. The van der Waals surface area contributed by atoms with Crippen LogP contribution >= 0.6 is 0 Å². The molecule has 1 aromatic rings. The van der Waals surface area contributed by atoms with Crippen molar-refractivity contribution in [3.8, 4) is 0 Å². The quantitative estimate of drug-likeness (QED) is 0.871. The van der Waals surface area contributed by atoms with Gasteiger partial charge >= 0.3 is 6.09 Å². The molecule has 6 heteroatoms. The number of carbonyl (C=O) groups excluding carboxylic acids is 1. The Hall–Kier alpha value is -1.56. The summed E-state index contributed by atoms with van der Waals surface area (Å²) in [6.07, 6.45) is -0.456. The van der Waals surface area contributed by atoms with Crippen LogP contribution < -0.4 is 11.1 Å². The van der Waals surface area contributed by atoms with Crippen molar-refractivity contribution in [2.75, 3.05) is 6.54 Å². The number of aryl methyl sites for hydroxylation is 2. The molecular formula is C13H24N4O2. The first-order chi connectivity index (χ1) is 8.61. The van der Waals surface area contributed by atoms with Gasteiger partial charge in [-0.25, -0.2) is 4.79 Å². The monoisotopic (exact) mass is 268 g/mol. The van der Waals surface area contributed by atoms with Gasteiger partial charge in [-0.15, -0.1) is 0 Å². The Labute approximate surface area is 114 Å². The van der Waals surface area contributed by atoms with E-state index < -0.39 is 11.7 Å². The molecule has 6 nitrogen and oxygen atoms in total. The number of hydrogen-bond acceptors (Lipinski definition) is 4. The van der Waals surface area contributed by atoms with Crippen molar-refractivity contribution < 1.29 is 9.53 Å². The summed E-state index contributed by atoms with van der Waals surface area (Å²) in [5.74, 6) is 0. The number of carbonyl (C=O) groups is 1. The third-order valence-electron chi connectivity index (χ3n) is 2.80. The van der Waals surface area contributed by atoms with Gasteiger partial charge in [-0.05, 0) is 34.6 Å². The first-order valence-corrected chi connectivity index (χ1v) is 6.34. The van der Waals surface area contributed by atoms with Gasteiger partial charge < -0.3 is 15.8 Å². The van der Waals surface area contributed by atoms with E-state index in [1.807, 2.05) is 41.7 Å². The highest BCUT2D eigenvalue weighted by molar-refractivity contribution is 5.67. The Kier molecular flexibility index (Phi) is 4.57. The highest BCUT2D eigenvalue weighted by Gasteiger charge is 2.20. The molecule has 1 rings (SSSR count). The summed E-state index contributed by atoms with van der Waals surface area (Å²) in [6, 6.07) is -0.291. The van der Waals surface area contributed by atoms with Crippen LogP contribution in [0.2, 0.25) is 0 Å². The summed E-state index contributed by atoms with van der Waals surface area (Å²) < 4.78 is 6.95. The molecule has 0 radical (unpaired) electrons. The van der Waals surface area contributed by atoms with Gasteiger partial charge in [-0.2, -0.15) is 5.10 Å². The third kappa shape index (κ3) is 4.24. The fourth-order valence-electron chi connectivity index (χ4n) is 1.94. The number of aromatic nitrogens is 2. The molecule has 3 N–H and O–H groups in total. The number of ether oxygens (including phenoxy) is 1. The normalized spacial score (nSPS) is 13.2. The number of nitrogens with zero attached hydrogens (tertiary/aromatic N) is 2. The summed E-state index contributed by atoms with van der Waals surface area (Å²) in [4.78, 5) is 11.6. The van der Waals surface area contributed by atoms with Gasteiger partial charge in [-0.3, -0.25) is 4.68 Å². The molecule has 19 heavy (non-hydrogen) atoms. The van der Waals surface area contributed by atoms with E-state index in [2.05, 4.69) is 10.4 Å². The smallest absolute Gasteiger partial charge is 0.407 e. The second-order valence-corrected chi connectivity index (χ2v) is 5.70. The van der Waals surface area contributed by atoms with E-state index in [-0.39, 0.29) is 6.04 Å². The third-order valence-corrected chi connectivity index (χ3v) is 2.80. The first-order valence-electron chi connectivity index (χ1n) is 6.34. The van der Waals surface area contributed by atoms with Crippen LogP contribution in [0, 0.1) is 13.8 Å². The SMILES string of the molecule is Cc1nn(C)c(C)c1C(N)CNC(=O)OC(C)(C)C. The number of hydrogen-bond donors (Lipinski definition) is 2. The molecule has 0 aliphatic heterocycles. The molecule has 0 saturated carbocycles. The van der Waals surface area contributed by atoms with Crippen LogP contribution in [-0.4, -0.2) is 28.0 Å². The van der Waals surface area contributed by atoms with Gasteiger partial charge in [0.15, 0.2) is 0 Å².